The Bertz CT molecular complexity index is 1090. The summed E-state index contributed by atoms with van der Waals surface area (Å²) < 4.78 is 7.72. The molecule has 0 radical (unpaired) electrons. The molecule has 0 saturated carbocycles. The van der Waals surface area contributed by atoms with E-state index in [4.69, 9.17) is 9.40 Å². The second-order valence-corrected chi connectivity index (χ2v) is 19.0. The molecule has 4 aromatic rings. The van der Waals surface area contributed by atoms with Crippen molar-refractivity contribution in [3.05, 3.63) is 60.3 Å². The van der Waals surface area contributed by atoms with Crippen molar-refractivity contribution in [2.75, 3.05) is 0 Å². The van der Waals surface area contributed by atoms with E-state index in [2.05, 4.69) is 85.8 Å². The molecule has 3 heteroatoms. The number of furan rings is 1. The van der Waals surface area contributed by atoms with Crippen LogP contribution < -0.4 is 4.40 Å². The molecule has 0 unspecified atom stereocenters. The molecule has 0 atom stereocenters. The van der Waals surface area contributed by atoms with E-state index in [1.54, 1.807) is 0 Å². The number of aromatic nitrogens is 1. The van der Waals surface area contributed by atoms with E-state index in [0.717, 1.165) is 27.8 Å². The van der Waals surface area contributed by atoms with Crippen molar-refractivity contribution in [3.63, 3.8) is 0 Å². The molecule has 0 amide bonds. The Hall–Kier alpha value is -2.07. The van der Waals surface area contributed by atoms with Gasteiger partial charge >= 0.3 is 158 Å². The van der Waals surface area contributed by atoms with Gasteiger partial charge in [-0.3, -0.25) is 0 Å². The van der Waals surface area contributed by atoms with Gasteiger partial charge in [0, 0.05) is 0 Å². The zero-order valence-corrected chi connectivity index (χ0v) is 18.2. The molecule has 0 aliphatic rings. The quantitative estimate of drug-likeness (QED) is 0.374. The first-order chi connectivity index (χ1) is 12.3. The van der Waals surface area contributed by atoms with Gasteiger partial charge in [-0.2, -0.15) is 0 Å². The van der Waals surface area contributed by atoms with Crippen LogP contribution in [0.15, 0.2) is 59.1 Å². The molecular formula is C23H25GeNO. The zero-order chi connectivity index (χ0) is 18.5. The first kappa shape index (κ1) is 17.4. The number of fused-ring (bicyclic) bond motifs is 3. The molecule has 132 valence electrons. The van der Waals surface area contributed by atoms with Crippen LogP contribution >= 0.6 is 0 Å². The van der Waals surface area contributed by atoms with Crippen LogP contribution in [-0.2, 0) is 0 Å². The van der Waals surface area contributed by atoms with Gasteiger partial charge in [0.15, 0.2) is 0 Å². The van der Waals surface area contributed by atoms with Crippen molar-refractivity contribution < 1.29 is 4.42 Å². The summed E-state index contributed by atoms with van der Waals surface area (Å²) in [5, 5.41) is 2.33. The van der Waals surface area contributed by atoms with E-state index in [1.807, 2.05) is 0 Å². The number of para-hydroxylation sites is 1. The second-order valence-electron chi connectivity index (χ2n) is 8.38. The molecule has 2 nitrogen and oxygen atoms in total. The van der Waals surface area contributed by atoms with Gasteiger partial charge in [-0.15, -0.1) is 0 Å². The maximum atomic E-state index is 6.30. The van der Waals surface area contributed by atoms with E-state index in [0.29, 0.717) is 5.92 Å². The third kappa shape index (κ3) is 2.97. The minimum absolute atomic E-state index is 0.490. The molecule has 0 bridgehead atoms. The number of hydrogen-bond acceptors (Lipinski definition) is 2. The molecule has 2 aromatic carbocycles. The standard InChI is InChI=1S/C23H25GeNO/c1-15(2)16-9-11-18-19-7-6-8-20(23(19)26-22(18)13-16)21-12-10-17(14-25-21)24(3,4)5/h6-15H,1-5H3. The minimum atomic E-state index is -1.84. The second kappa shape index (κ2) is 6.27. The fourth-order valence-corrected chi connectivity index (χ4v) is 5.54. The molecular weight excluding hydrogens is 379 g/mol. The van der Waals surface area contributed by atoms with E-state index >= 15 is 0 Å². The van der Waals surface area contributed by atoms with Crippen molar-refractivity contribution in [1.82, 2.24) is 4.98 Å². The third-order valence-corrected chi connectivity index (χ3v) is 9.35. The first-order valence-corrected chi connectivity index (χ1v) is 16.6. The number of rotatable bonds is 3. The van der Waals surface area contributed by atoms with Crippen LogP contribution in [0.25, 0.3) is 33.2 Å². The Balaban J connectivity index is 1.89. The van der Waals surface area contributed by atoms with Gasteiger partial charge < -0.3 is 0 Å². The van der Waals surface area contributed by atoms with Gasteiger partial charge in [0.1, 0.15) is 0 Å². The van der Waals surface area contributed by atoms with E-state index in [-0.39, 0.29) is 0 Å². The fourth-order valence-electron chi connectivity index (χ4n) is 3.37. The van der Waals surface area contributed by atoms with E-state index in [1.165, 1.54) is 15.3 Å². The molecule has 0 aliphatic carbocycles. The molecule has 0 N–H and O–H groups in total. The maximum absolute atomic E-state index is 6.30. The molecule has 4 rings (SSSR count). The summed E-state index contributed by atoms with van der Waals surface area (Å²) in [6.45, 7) is 4.42. The third-order valence-electron chi connectivity index (χ3n) is 5.10. The topological polar surface area (TPSA) is 26.0 Å². The van der Waals surface area contributed by atoms with Crippen molar-refractivity contribution in [2.45, 2.75) is 37.0 Å². The summed E-state index contributed by atoms with van der Waals surface area (Å²) >= 11 is -1.84. The Morgan fingerprint density at radius 2 is 1.73 bits per heavy atom. The fraction of sp³-hybridized carbons (Fsp3) is 0.261. The number of benzene rings is 2. The van der Waals surface area contributed by atoms with Gasteiger partial charge in [0.25, 0.3) is 0 Å². The summed E-state index contributed by atoms with van der Waals surface area (Å²) in [7, 11) is 0. The van der Waals surface area contributed by atoms with Gasteiger partial charge in [0.2, 0.25) is 0 Å². The van der Waals surface area contributed by atoms with E-state index in [9.17, 15) is 0 Å². The van der Waals surface area contributed by atoms with Gasteiger partial charge in [-0.25, -0.2) is 0 Å². The predicted octanol–water partition coefficient (Wildman–Crippen LogP) is 6.32. The molecule has 0 aliphatic heterocycles. The molecule has 0 fully saturated rings. The van der Waals surface area contributed by atoms with Crippen LogP contribution in [-0.4, -0.2) is 18.3 Å². The Labute approximate surface area is 157 Å². The first-order valence-electron chi connectivity index (χ1n) is 9.26. The Morgan fingerprint density at radius 1 is 0.923 bits per heavy atom. The number of nitrogens with zero attached hydrogens (tertiary/aromatic N) is 1. The summed E-state index contributed by atoms with van der Waals surface area (Å²) in [4.78, 5) is 4.77. The summed E-state index contributed by atoms with van der Waals surface area (Å²) in [5.74, 6) is 7.67. The van der Waals surface area contributed by atoms with Crippen LogP contribution in [0.2, 0.25) is 17.3 Å². The zero-order valence-electron chi connectivity index (χ0n) is 16.1. The normalized spacial score (nSPS) is 12.4. The molecule has 2 heterocycles. The van der Waals surface area contributed by atoms with Gasteiger partial charge in [-0.1, -0.05) is 0 Å². The average molecular weight is 404 g/mol. The number of pyridine rings is 1. The summed E-state index contributed by atoms with van der Waals surface area (Å²) in [6, 6.07) is 17.3. The number of hydrogen-bond donors (Lipinski definition) is 0. The average Bonchev–Trinajstić information content (AvgIpc) is 2.98. The summed E-state index contributed by atoms with van der Waals surface area (Å²) in [6.07, 6.45) is 2.06. The van der Waals surface area contributed by atoms with Crippen molar-refractivity contribution in [2.24, 2.45) is 0 Å². The molecule has 2 aromatic heterocycles. The van der Waals surface area contributed by atoms with Crippen LogP contribution in [0.1, 0.15) is 25.3 Å². The van der Waals surface area contributed by atoms with Crippen LogP contribution in [0.4, 0.5) is 0 Å². The van der Waals surface area contributed by atoms with Crippen molar-refractivity contribution in [1.29, 1.82) is 0 Å². The monoisotopic (exact) mass is 405 g/mol. The Kier molecular flexibility index (Phi) is 4.19. The predicted molar refractivity (Wildman–Crippen MR) is 114 cm³/mol. The SMILES string of the molecule is CC(C)c1ccc2c(c1)oc1c(-c3cc[c]([Ge]([CH3])([CH3])[CH3])cn3)cccc12. The molecule has 0 saturated heterocycles. The molecule has 26 heavy (non-hydrogen) atoms. The van der Waals surface area contributed by atoms with Gasteiger partial charge in [-0.05, 0) is 0 Å². The van der Waals surface area contributed by atoms with E-state index < -0.39 is 13.3 Å². The van der Waals surface area contributed by atoms with Crippen LogP contribution in [0.5, 0.6) is 0 Å². The van der Waals surface area contributed by atoms with Crippen molar-refractivity contribution in [3.8, 4) is 11.3 Å². The van der Waals surface area contributed by atoms with Crippen LogP contribution in [0.3, 0.4) is 0 Å². The van der Waals surface area contributed by atoms with Crippen molar-refractivity contribution >= 4 is 39.6 Å². The van der Waals surface area contributed by atoms with Crippen LogP contribution in [0, 0.1) is 0 Å². The Morgan fingerprint density at radius 3 is 2.38 bits per heavy atom. The molecule has 0 spiro atoms. The van der Waals surface area contributed by atoms with Gasteiger partial charge in [0.05, 0.1) is 0 Å². The summed E-state index contributed by atoms with van der Waals surface area (Å²) in [5.41, 5.74) is 5.24.